The molecule has 0 heterocycles. The second-order valence-corrected chi connectivity index (χ2v) is 5.91. The number of hydrogen-bond acceptors (Lipinski definition) is 7. The van der Waals surface area contributed by atoms with Crippen LogP contribution < -0.4 is 0 Å². The number of nitro benzene ring substituents is 1. The third-order valence-electron chi connectivity index (χ3n) is 3.48. The first-order valence-corrected chi connectivity index (χ1v) is 8.09. The molecule has 0 saturated carbocycles. The van der Waals surface area contributed by atoms with E-state index in [0.29, 0.717) is 23.5 Å². The molecule has 0 fully saturated rings. The number of phenolic OH excluding ortho intramolecular Hbond substituents is 1. The summed E-state index contributed by atoms with van der Waals surface area (Å²) in [6, 6.07) is 10.6. The SMILES string of the molecule is CN(C)CCCN=Cc1cc(N=Nc2ccc([N+](=O)[O-])cc2)ccc1O. The van der Waals surface area contributed by atoms with Crippen LogP contribution in [0.2, 0.25) is 0 Å². The number of azo groups is 1. The molecule has 0 amide bonds. The van der Waals surface area contributed by atoms with E-state index in [-0.39, 0.29) is 11.4 Å². The zero-order chi connectivity index (χ0) is 18.9. The Labute approximate surface area is 151 Å². The van der Waals surface area contributed by atoms with Gasteiger partial charge in [0.15, 0.2) is 0 Å². The lowest BCUT2D eigenvalue weighted by molar-refractivity contribution is -0.384. The first-order chi connectivity index (χ1) is 12.5. The Morgan fingerprint density at radius 1 is 1.12 bits per heavy atom. The average molecular weight is 355 g/mol. The third kappa shape index (κ3) is 6.06. The Morgan fingerprint density at radius 3 is 2.42 bits per heavy atom. The van der Waals surface area contributed by atoms with E-state index in [2.05, 4.69) is 20.1 Å². The number of benzene rings is 2. The van der Waals surface area contributed by atoms with Crippen molar-refractivity contribution in [2.75, 3.05) is 27.2 Å². The van der Waals surface area contributed by atoms with Crippen molar-refractivity contribution in [1.82, 2.24) is 4.90 Å². The van der Waals surface area contributed by atoms with Crippen LogP contribution in [-0.2, 0) is 0 Å². The number of rotatable bonds is 8. The van der Waals surface area contributed by atoms with Crippen molar-refractivity contribution in [2.24, 2.45) is 15.2 Å². The third-order valence-corrected chi connectivity index (χ3v) is 3.48. The van der Waals surface area contributed by atoms with E-state index in [0.717, 1.165) is 13.0 Å². The maximum atomic E-state index is 10.6. The van der Waals surface area contributed by atoms with E-state index in [4.69, 9.17) is 0 Å². The summed E-state index contributed by atoms with van der Waals surface area (Å²) in [6.07, 6.45) is 2.56. The highest BCUT2D eigenvalue weighted by molar-refractivity contribution is 5.84. The van der Waals surface area contributed by atoms with E-state index in [1.54, 1.807) is 18.3 Å². The Bertz CT molecular complexity index is 801. The van der Waals surface area contributed by atoms with Gasteiger partial charge in [0.05, 0.1) is 16.3 Å². The van der Waals surface area contributed by atoms with E-state index in [1.165, 1.54) is 30.3 Å². The summed E-state index contributed by atoms with van der Waals surface area (Å²) in [5.74, 6) is 0.121. The van der Waals surface area contributed by atoms with Gasteiger partial charge in [0.1, 0.15) is 5.75 Å². The molecule has 2 aromatic rings. The lowest BCUT2D eigenvalue weighted by atomic mass is 10.2. The van der Waals surface area contributed by atoms with Gasteiger partial charge in [-0.25, -0.2) is 0 Å². The number of nitrogens with zero attached hydrogens (tertiary/aromatic N) is 5. The molecule has 8 heteroatoms. The Morgan fingerprint density at radius 2 is 1.77 bits per heavy atom. The Hall–Kier alpha value is -3.13. The number of nitro groups is 1. The fourth-order valence-corrected chi connectivity index (χ4v) is 2.11. The molecule has 26 heavy (non-hydrogen) atoms. The maximum absolute atomic E-state index is 10.6. The van der Waals surface area contributed by atoms with Gasteiger partial charge in [0.2, 0.25) is 0 Å². The van der Waals surface area contributed by atoms with Crippen LogP contribution in [0.1, 0.15) is 12.0 Å². The highest BCUT2D eigenvalue weighted by atomic mass is 16.6. The minimum atomic E-state index is -0.467. The molecule has 0 atom stereocenters. The quantitative estimate of drug-likeness (QED) is 0.253. The summed E-state index contributed by atoms with van der Waals surface area (Å²) in [7, 11) is 4.02. The van der Waals surface area contributed by atoms with Gasteiger partial charge in [-0.2, -0.15) is 10.2 Å². The van der Waals surface area contributed by atoms with Crippen molar-refractivity contribution in [1.29, 1.82) is 0 Å². The van der Waals surface area contributed by atoms with Gasteiger partial charge in [-0.3, -0.25) is 15.1 Å². The number of hydrogen-bond donors (Lipinski definition) is 1. The predicted molar refractivity (Wildman–Crippen MR) is 101 cm³/mol. The lowest BCUT2D eigenvalue weighted by Gasteiger charge is -2.06. The fraction of sp³-hybridized carbons (Fsp3) is 0.278. The standard InChI is InChI=1S/C18H21N5O3/c1-22(2)11-3-10-19-13-14-12-16(6-9-18(14)24)21-20-15-4-7-17(8-5-15)23(25)26/h4-9,12-13,24H,3,10-11H2,1-2H3. The van der Waals surface area contributed by atoms with Crippen molar-refractivity contribution >= 4 is 23.3 Å². The molecular weight excluding hydrogens is 334 g/mol. The molecule has 0 radical (unpaired) electrons. The van der Waals surface area contributed by atoms with Crippen LogP contribution in [0, 0.1) is 10.1 Å². The first kappa shape index (κ1) is 19.2. The van der Waals surface area contributed by atoms with E-state index < -0.39 is 4.92 Å². The van der Waals surface area contributed by atoms with Gasteiger partial charge >= 0.3 is 0 Å². The fourth-order valence-electron chi connectivity index (χ4n) is 2.11. The number of phenols is 1. The second-order valence-electron chi connectivity index (χ2n) is 5.91. The number of aliphatic imine (C=N–C) groups is 1. The number of aromatic hydroxyl groups is 1. The minimum Gasteiger partial charge on any atom is -0.507 e. The summed E-state index contributed by atoms with van der Waals surface area (Å²) in [6.45, 7) is 1.62. The highest BCUT2D eigenvalue weighted by Gasteiger charge is 2.04. The Kier molecular flexibility index (Phi) is 6.92. The van der Waals surface area contributed by atoms with Gasteiger partial charge in [0, 0.05) is 30.5 Å². The summed E-state index contributed by atoms with van der Waals surface area (Å²) in [5.41, 5.74) is 1.62. The van der Waals surface area contributed by atoms with Crippen LogP contribution in [0.4, 0.5) is 17.1 Å². The van der Waals surface area contributed by atoms with Crippen molar-refractivity contribution < 1.29 is 10.0 Å². The molecule has 2 rings (SSSR count). The van der Waals surface area contributed by atoms with Gasteiger partial charge in [-0.1, -0.05) is 0 Å². The van der Waals surface area contributed by atoms with Crippen LogP contribution >= 0.6 is 0 Å². The average Bonchev–Trinajstić information content (AvgIpc) is 2.61. The van der Waals surface area contributed by atoms with Gasteiger partial charge in [0.25, 0.3) is 5.69 Å². The van der Waals surface area contributed by atoms with Crippen molar-refractivity contribution in [3.05, 3.63) is 58.1 Å². The van der Waals surface area contributed by atoms with Crippen LogP contribution in [0.5, 0.6) is 5.75 Å². The molecule has 0 bridgehead atoms. The predicted octanol–water partition coefficient (Wildman–Crippen LogP) is 4.09. The molecule has 1 N–H and O–H groups in total. The summed E-state index contributed by atoms with van der Waals surface area (Å²) < 4.78 is 0. The van der Waals surface area contributed by atoms with E-state index in [1.807, 2.05) is 14.1 Å². The van der Waals surface area contributed by atoms with Gasteiger partial charge in [-0.05, 0) is 57.4 Å². The molecule has 0 aliphatic rings. The molecule has 136 valence electrons. The van der Waals surface area contributed by atoms with Gasteiger partial charge in [-0.15, -0.1) is 0 Å². The zero-order valence-electron chi connectivity index (χ0n) is 14.7. The first-order valence-electron chi connectivity index (χ1n) is 8.09. The van der Waals surface area contributed by atoms with Crippen LogP contribution in [0.25, 0.3) is 0 Å². The summed E-state index contributed by atoms with van der Waals surface area (Å²) in [4.78, 5) is 16.6. The highest BCUT2D eigenvalue weighted by Crippen LogP contribution is 2.25. The van der Waals surface area contributed by atoms with Crippen molar-refractivity contribution in [3.8, 4) is 5.75 Å². The van der Waals surface area contributed by atoms with Crippen LogP contribution in [0.15, 0.2) is 57.7 Å². The molecule has 0 unspecified atom stereocenters. The normalized spacial score (nSPS) is 11.7. The topological polar surface area (TPSA) is 104 Å². The minimum absolute atomic E-state index is 0.00125. The van der Waals surface area contributed by atoms with Gasteiger partial charge < -0.3 is 10.0 Å². The van der Waals surface area contributed by atoms with Crippen molar-refractivity contribution in [2.45, 2.75) is 6.42 Å². The molecule has 8 nitrogen and oxygen atoms in total. The largest absolute Gasteiger partial charge is 0.507 e. The van der Waals surface area contributed by atoms with E-state index >= 15 is 0 Å². The summed E-state index contributed by atoms with van der Waals surface area (Å²) >= 11 is 0. The van der Waals surface area contributed by atoms with Crippen LogP contribution in [0.3, 0.4) is 0 Å². The Balaban J connectivity index is 2.03. The summed E-state index contributed by atoms with van der Waals surface area (Å²) in [5, 5.41) is 28.7. The molecule has 0 aromatic heterocycles. The maximum Gasteiger partial charge on any atom is 0.269 e. The second kappa shape index (κ2) is 9.38. The zero-order valence-corrected chi connectivity index (χ0v) is 14.7. The molecular formula is C18H21N5O3. The van der Waals surface area contributed by atoms with Crippen LogP contribution in [-0.4, -0.2) is 48.3 Å². The smallest absolute Gasteiger partial charge is 0.269 e. The van der Waals surface area contributed by atoms with E-state index in [9.17, 15) is 15.2 Å². The number of non-ortho nitro benzene ring substituents is 1. The van der Waals surface area contributed by atoms with Crippen molar-refractivity contribution in [3.63, 3.8) is 0 Å². The molecule has 0 aliphatic heterocycles. The lowest BCUT2D eigenvalue weighted by Crippen LogP contribution is -2.13. The molecule has 0 spiro atoms. The molecule has 2 aromatic carbocycles. The molecule has 0 aliphatic carbocycles. The monoisotopic (exact) mass is 355 g/mol. The molecule has 0 saturated heterocycles.